The molecule has 1 atom stereocenters. The van der Waals surface area contributed by atoms with Crippen molar-refractivity contribution in [3.63, 3.8) is 0 Å². The predicted molar refractivity (Wildman–Crippen MR) is 68.5 cm³/mol. The smallest absolute Gasteiger partial charge is 0.309 e. The van der Waals surface area contributed by atoms with Crippen LogP contribution in [0.1, 0.15) is 38.4 Å². The lowest BCUT2D eigenvalue weighted by Crippen LogP contribution is -2.44. The Bertz CT molecular complexity index is 456. The molecule has 0 radical (unpaired) electrons. The van der Waals surface area contributed by atoms with Gasteiger partial charge in [0, 0.05) is 13.5 Å². The van der Waals surface area contributed by atoms with Gasteiger partial charge in [-0.25, -0.2) is 0 Å². The zero-order chi connectivity index (χ0) is 14.0. The fraction of sp³-hybridized carbons (Fsp3) is 0.769. The first-order valence-corrected chi connectivity index (χ1v) is 6.64. The van der Waals surface area contributed by atoms with Crippen LogP contribution >= 0.6 is 0 Å². The molecule has 2 heterocycles. The number of aromatic nitrogens is 2. The van der Waals surface area contributed by atoms with E-state index in [4.69, 9.17) is 4.52 Å². The van der Waals surface area contributed by atoms with Gasteiger partial charge in [0.1, 0.15) is 0 Å². The second-order valence-corrected chi connectivity index (χ2v) is 5.83. The number of carbonyl (C=O) groups is 1. The molecule has 1 aromatic rings. The molecule has 1 aliphatic rings. The van der Waals surface area contributed by atoms with Gasteiger partial charge in [-0.3, -0.25) is 9.69 Å². The van der Waals surface area contributed by atoms with Crippen LogP contribution in [-0.2, 0) is 11.3 Å². The summed E-state index contributed by atoms with van der Waals surface area (Å²) >= 11 is 0. The van der Waals surface area contributed by atoms with E-state index in [9.17, 15) is 9.90 Å². The molecule has 1 aromatic heterocycles. The van der Waals surface area contributed by atoms with Crippen molar-refractivity contribution in [2.45, 2.75) is 40.2 Å². The number of carboxylic acid groups (broad SMARTS) is 1. The fourth-order valence-corrected chi connectivity index (χ4v) is 2.57. The molecule has 0 saturated carbocycles. The SMILES string of the molecule is Cc1nc(CN2CCCC(C(C)(C)C(=O)O)C2)no1. The summed E-state index contributed by atoms with van der Waals surface area (Å²) in [6, 6.07) is 0. The molecule has 6 nitrogen and oxygen atoms in total. The number of likely N-dealkylation sites (tertiary alicyclic amines) is 1. The lowest BCUT2D eigenvalue weighted by Gasteiger charge is -2.38. The van der Waals surface area contributed by atoms with Crippen LogP contribution in [0.25, 0.3) is 0 Å². The van der Waals surface area contributed by atoms with E-state index in [0.29, 0.717) is 18.3 Å². The number of aryl methyl sites for hydroxylation is 1. The van der Waals surface area contributed by atoms with Crippen LogP contribution in [0.15, 0.2) is 4.52 Å². The van der Waals surface area contributed by atoms with Gasteiger partial charge in [-0.1, -0.05) is 5.16 Å². The third-order valence-corrected chi connectivity index (χ3v) is 4.01. The molecule has 2 rings (SSSR count). The Morgan fingerprint density at radius 2 is 2.32 bits per heavy atom. The Hall–Kier alpha value is -1.43. The molecule has 0 aliphatic carbocycles. The largest absolute Gasteiger partial charge is 0.481 e. The molecule has 19 heavy (non-hydrogen) atoms. The summed E-state index contributed by atoms with van der Waals surface area (Å²) in [6.07, 6.45) is 1.97. The Morgan fingerprint density at radius 3 is 2.89 bits per heavy atom. The van der Waals surface area contributed by atoms with Gasteiger partial charge in [-0.15, -0.1) is 0 Å². The van der Waals surface area contributed by atoms with E-state index in [1.54, 1.807) is 6.92 Å². The van der Waals surface area contributed by atoms with Crippen molar-refractivity contribution in [1.82, 2.24) is 15.0 Å². The highest BCUT2D eigenvalue weighted by atomic mass is 16.5. The summed E-state index contributed by atoms with van der Waals surface area (Å²) in [4.78, 5) is 17.7. The maximum atomic E-state index is 11.3. The van der Waals surface area contributed by atoms with Crippen LogP contribution in [0.5, 0.6) is 0 Å². The van der Waals surface area contributed by atoms with Crippen molar-refractivity contribution < 1.29 is 14.4 Å². The van der Waals surface area contributed by atoms with Gasteiger partial charge in [0.25, 0.3) is 0 Å². The maximum absolute atomic E-state index is 11.3. The molecular formula is C13H21N3O3. The van der Waals surface area contributed by atoms with Gasteiger partial charge < -0.3 is 9.63 Å². The highest BCUT2D eigenvalue weighted by molar-refractivity contribution is 5.74. The fourth-order valence-electron chi connectivity index (χ4n) is 2.57. The quantitative estimate of drug-likeness (QED) is 0.894. The van der Waals surface area contributed by atoms with Crippen molar-refractivity contribution in [3.05, 3.63) is 11.7 Å². The Morgan fingerprint density at radius 1 is 1.58 bits per heavy atom. The average molecular weight is 267 g/mol. The predicted octanol–water partition coefficient (Wildman–Crippen LogP) is 1.70. The summed E-state index contributed by atoms with van der Waals surface area (Å²) in [5, 5.41) is 13.2. The summed E-state index contributed by atoms with van der Waals surface area (Å²) in [7, 11) is 0. The van der Waals surface area contributed by atoms with Crippen LogP contribution in [-0.4, -0.2) is 39.2 Å². The van der Waals surface area contributed by atoms with E-state index < -0.39 is 11.4 Å². The molecule has 1 N–H and O–H groups in total. The molecule has 6 heteroatoms. The van der Waals surface area contributed by atoms with Crippen LogP contribution in [0.3, 0.4) is 0 Å². The minimum absolute atomic E-state index is 0.159. The standard InChI is InChI=1S/C13H21N3O3/c1-9-14-11(15-19-9)8-16-6-4-5-10(7-16)13(2,3)12(17)18/h10H,4-8H2,1-3H3,(H,17,18). The van der Waals surface area contributed by atoms with Crippen molar-refractivity contribution in [3.8, 4) is 0 Å². The van der Waals surface area contributed by atoms with Crippen molar-refractivity contribution in [2.24, 2.45) is 11.3 Å². The summed E-state index contributed by atoms with van der Waals surface area (Å²) in [6.45, 7) is 7.74. The van der Waals surface area contributed by atoms with Crippen LogP contribution < -0.4 is 0 Å². The monoisotopic (exact) mass is 267 g/mol. The first kappa shape index (κ1) is 14.0. The van der Waals surface area contributed by atoms with Crippen LogP contribution in [0, 0.1) is 18.3 Å². The Balaban J connectivity index is 1.99. The second kappa shape index (κ2) is 5.28. The third-order valence-electron chi connectivity index (χ3n) is 4.01. The number of hydrogen-bond donors (Lipinski definition) is 1. The van der Waals surface area contributed by atoms with Crippen molar-refractivity contribution in [1.29, 1.82) is 0 Å². The molecule has 0 spiro atoms. The van der Waals surface area contributed by atoms with E-state index >= 15 is 0 Å². The Kier molecular flexibility index (Phi) is 3.89. The zero-order valence-corrected chi connectivity index (χ0v) is 11.7. The van der Waals surface area contributed by atoms with E-state index in [0.717, 1.165) is 25.9 Å². The molecule has 1 fully saturated rings. The van der Waals surface area contributed by atoms with E-state index in [1.807, 2.05) is 13.8 Å². The molecule has 0 bridgehead atoms. The molecule has 1 unspecified atom stereocenters. The second-order valence-electron chi connectivity index (χ2n) is 5.83. The maximum Gasteiger partial charge on any atom is 0.309 e. The number of aliphatic carboxylic acids is 1. The lowest BCUT2D eigenvalue weighted by molar-refractivity contribution is -0.151. The first-order chi connectivity index (χ1) is 8.89. The summed E-state index contributed by atoms with van der Waals surface area (Å²) < 4.78 is 4.96. The summed E-state index contributed by atoms with van der Waals surface area (Å²) in [5.74, 6) is 0.669. The van der Waals surface area contributed by atoms with Crippen LogP contribution in [0.2, 0.25) is 0 Å². The normalized spacial score (nSPS) is 21.5. The van der Waals surface area contributed by atoms with Gasteiger partial charge in [0.2, 0.25) is 5.89 Å². The lowest BCUT2D eigenvalue weighted by atomic mass is 9.74. The van der Waals surface area contributed by atoms with Gasteiger partial charge in [0.05, 0.1) is 12.0 Å². The number of piperidine rings is 1. The topological polar surface area (TPSA) is 79.5 Å². The molecule has 106 valence electrons. The molecule has 1 aliphatic heterocycles. The molecule has 0 amide bonds. The van der Waals surface area contributed by atoms with Crippen LogP contribution in [0.4, 0.5) is 0 Å². The third kappa shape index (κ3) is 3.12. The van der Waals surface area contributed by atoms with Gasteiger partial charge in [-0.2, -0.15) is 4.98 Å². The zero-order valence-electron chi connectivity index (χ0n) is 11.7. The minimum atomic E-state index is -0.727. The van der Waals surface area contributed by atoms with Gasteiger partial charge in [-0.05, 0) is 39.2 Å². The minimum Gasteiger partial charge on any atom is -0.481 e. The number of rotatable bonds is 4. The highest BCUT2D eigenvalue weighted by Gasteiger charge is 2.39. The highest BCUT2D eigenvalue weighted by Crippen LogP contribution is 2.34. The number of hydrogen-bond acceptors (Lipinski definition) is 5. The first-order valence-electron chi connectivity index (χ1n) is 6.64. The number of nitrogens with zero attached hydrogens (tertiary/aromatic N) is 3. The van der Waals surface area contributed by atoms with E-state index in [1.165, 1.54) is 0 Å². The van der Waals surface area contributed by atoms with Crippen molar-refractivity contribution >= 4 is 5.97 Å². The molecule has 1 saturated heterocycles. The van der Waals surface area contributed by atoms with E-state index in [-0.39, 0.29) is 5.92 Å². The Labute approximate surface area is 112 Å². The average Bonchev–Trinajstić information content (AvgIpc) is 2.75. The van der Waals surface area contributed by atoms with E-state index in [2.05, 4.69) is 15.0 Å². The molecular weight excluding hydrogens is 246 g/mol. The van der Waals surface area contributed by atoms with Gasteiger partial charge in [0.15, 0.2) is 5.82 Å². The summed E-state index contributed by atoms with van der Waals surface area (Å²) in [5.41, 5.74) is -0.689. The van der Waals surface area contributed by atoms with Gasteiger partial charge >= 0.3 is 5.97 Å². The molecule has 0 aromatic carbocycles. The van der Waals surface area contributed by atoms with Crippen molar-refractivity contribution in [2.75, 3.05) is 13.1 Å². The number of carboxylic acids is 1.